The summed E-state index contributed by atoms with van der Waals surface area (Å²) in [5.41, 5.74) is 0. The molecule has 1 aliphatic heterocycles. The Balaban J connectivity index is 2.13. The zero-order valence-corrected chi connectivity index (χ0v) is 4.99. The fraction of sp³-hybridized carbons (Fsp3) is 1.00. The molecule has 1 fully saturated rings. The van der Waals surface area contributed by atoms with Gasteiger partial charge in [-0.2, -0.15) is 0 Å². The highest BCUT2D eigenvalue weighted by atomic mass is 19.1. The molecule has 1 rings (SSSR count). The van der Waals surface area contributed by atoms with Crippen molar-refractivity contribution >= 4 is 0 Å². The largest absolute Gasteiger partial charge is 0.311 e. The summed E-state index contributed by atoms with van der Waals surface area (Å²) in [6, 6.07) is 0.170. The first kappa shape index (κ1) is 6.02. The van der Waals surface area contributed by atoms with Crippen LogP contribution >= 0.6 is 0 Å². The van der Waals surface area contributed by atoms with Crippen molar-refractivity contribution < 1.29 is 4.39 Å². The highest BCUT2D eigenvalue weighted by molar-refractivity contribution is 4.70. The van der Waals surface area contributed by atoms with Crippen LogP contribution in [0.15, 0.2) is 0 Å². The Kier molecular flexibility index (Phi) is 2.27. The molecule has 8 heavy (non-hydrogen) atoms. The summed E-state index contributed by atoms with van der Waals surface area (Å²) in [4.78, 5) is 0. The fourth-order valence-electron chi connectivity index (χ4n) is 1.06. The third-order valence-corrected chi connectivity index (χ3v) is 1.60. The summed E-state index contributed by atoms with van der Waals surface area (Å²) in [6.07, 6.45) is 3.44. The molecule has 0 amide bonds. The van der Waals surface area contributed by atoms with E-state index in [2.05, 4.69) is 5.32 Å². The van der Waals surface area contributed by atoms with E-state index in [-0.39, 0.29) is 12.7 Å². The molecule has 1 unspecified atom stereocenters. The molecule has 1 heterocycles. The molecule has 1 nitrogen and oxygen atoms in total. The molecule has 0 radical (unpaired) electrons. The van der Waals surface area contributed by atoms with Gasteiger partial charge in [-0.15, -0.1) is 0 Å². The normalized spacial score (nSPS) is 30.4. The van der Waals surface area contributed by atoms with Gasteiger partial charge in [-0.3, -0.25) is 0 Å². The number of alkyl halides is 1. The SMILES string of the molecule is FCC1CCCCN1. The predicted octanol–water partition coefficient (Wildman–Crippen LogP) is 1.10. The quantitative estimate of drug-likeness (QED) is 0.542. The molecule has 0 aromatic rings. The molecule has 0 spiro atoms. The maximum Gasteiger partial charge on any atom is 0.105 e. The second-order valence-electron chi connectivity index (χ2n) is 2.30. The van der Waals surface area contributed by atoms with Gasteiger partial charge < -0.3 is 5.32 Å². The highest BCUT2D eigenvalue weighted by Crippen LogP contribution is 2.06. The lowest BCUT2D eigenvalue weighted by Crippen LogP contribution is -2.35. The summed E-state index contributed by atoms with van der Waals surface area (Å²) in [6.45, 7) is 0.814. The topological polar surface area (TPSA) is 12.0 Å². The van der Waals surface area contributed by atoms with Gasteiger partial charge in [-0.1, -0.05) is 6.42 Å². The van der Waals surface area contributed by atoms with Crippen molar-refractivity contribution in [3.05, 3.63) is 0 Å². The summed E-state index contributed by atoms with van der Waals surface area (Å²) < 4.78 is 11.8. The Hall–Kier alpha value is -0.110. The Bertz CT molecular complexity index is 59.5. The van der Waals surface area contributed by atoms with Crippen LogP contribution in [0.2, 0.25) is 0 Å². The summed E-state index contributed by atoms with van der Waals surface area (Å²) in [7, 11) is 0. The van der Waals surface area contributed by atoms with Crippen LogP contribution in [0.4, 0.5) is 4.39 Å². The van der Waals surface area contributed by atoms with Crippen LogP contribution in [0.25, 0.3) is 0 Å². The Morgan fingerprint density at radius 3 is 2.75 bits per heavy atom. The molecule has 0 aromatic heterocycles. The van der Waals surface area contributed by atoms with E-state index < -0.39 is 0 Å². The van der Waals surface area contributed by atoms with E-state index in [1.54, 1.807) is 0 Å². The van der Waals surface area contributed by atoms with E-state index in [0.717, 1.165) is 13.0 Å². The van der Waals surface area contributed by atoms with Crippen LogP contribution in [0.5, 0.6) is 0 Å². The molecule has 1 saturated heterocycles. The second-order valence-corrected chi connectivity index (χ2v) is 2.30. The van der Waals surface area contributed by atoms with E-state index in [4.69, 9.17) is 0 Å². The standard InChI is InChI=1S/C6H12FN/c7-5-6-3-1-2-4-8-6/h6,8H,1-5H2. The van der Waals surface area contributed by atoms with Gasteiger partial charge in [0.1, 0.15) is 6.67 Å². The zero-order chi connectivity index (χ0) is 5.82. The van der Waals surface area contributed by atoms with Crippen LogP contribution in [-0.4, -0.2) is 19.3 Å². The van der Waals surface area contributed by atoms with Gasteiger partial charge in [0.05, 0.1) is 0 Å². The van der Waals surface area contributed by atoms with Crippen LogP contribution in [0.3, 0.4) is 0 Å². The van der Waals surface area contributed by atoms with Gasteiger partial charge in [0, 0.05) is 6.04 Å². The fourth-order valence-corrected chi connectivity index (χ4v) is 1.06. The first-order valence-corrected chi connectivity index (χ1v) is 3.23. The summed E-state index contributed by atoms with van der Waals surface area (Å²) in [5, 5.41) is 3.09. The van der Waals surface area contributed by atoms with Gasteiger partial charge >= 0.3 is 0 Å². The Morgan fingerprint density at radius 1 is 1.50 bits per heavy atom. The highest BCUT2D eigenvalue weighted by Gasteiger charge is 2.10. The molecule has 1 atom stereocenters. The summed E-state index contributed by atoms with van der Waals surface area (Å²) in [5.74, 6) is 0. The molecule has 0 bridgehead atoms. The summed E-state index contributed by atoms with van der Waals surface area (Å²) >= 11 is 0. The maximum absolute atomic E-state index is 11.8. The van der Waals surface area contributed by atoms with Crippen LogP contribution < -0.4 is 5.32 Å². The average molecular weight is 117 g/mol. The van der Waals surface area contributed by atoms with Crippen molar-refractivity contribution in [3.8, 4) is 0 Å². The first-order valence-electron chi connectivity index (χ1n) is 3.23. The predicted molar refractivity (Wildman–Crippen MR) is 31.6 cm³/mol. The molecule has 48 valence electrons. The minimum absolute atomic E-state index is 0.170. The Labute approximate surface area is 49.3 Å². The smallest absolute Gasteiger partial charge is 0.105 e. The van der Waals surface area contributed by atoms with Gasteiger partial charge in [0.15, 0.2) is 0 Å². The van der Waals surface area contributed by atoms with Crippen molar-refractivity contribution in [1.82, 2.24) is 5.32 Å². The van der Waals surface area contributed by atoms with Crippen molar-refractivity contribution in [2.75, 3.05) is 13.2 Å². The number of nitrogens with one attached hydrogen (secondary N) is 1. The monoisotopic (exact) mass is 117 g/mol. The van der Waals surface area contributed by atoms with Gasteiger partial charge in [0.2, 0.25) is 0 Å². The van der Waals surface area contributed by atoms with Gasteiger partial charge in [-0.05, 0) is 19.4 Å². The minimum atomic E-state index is -0.194. The van der Waals surface area contributed by atoms with Crippen LogP contribution in [0.1, 0.15) is 19.3 Å². The average Bonchev–Trinajstić information content (AvgIpc) is 1.90. The molecule has 2 heteroatoms. The van der Waals surface area contributed by atoms with Crippen LogP contribution in [-0.2, 0) is 0 Å². The van der Waals surface area contributed by atoms with E-state index in [0.29, 0.717) is 0 Å². The van der Waals surface area contributed by atoms with Crippen molar-refractivity contribution in [1.29, 1.82) is 0 Å². The number of hydrogen-bond donors (Lipinski definition) is 1. The molecular formula is C6H12FN. The third kappa shape index (κ3) is 1.44. The van der Waals surface area contributed by atoms with Crippen molar-refractivity contribution in [2.24, 2.45) is 0 Å². The van der Waals surface area contributed by atoms with Gasteiger partial charge in [-0.25, -0.2) is 4.39 Å². The zero-order valence-electron chi connectivity index (χ0n) is 4.99. The van der Waals surface area contributed by atoms with E-state index >= 15 is 0 Å². The molecule has 1 aliphatic rings. The van der Waals surface area contributed by atoms with Crippen molar-refractivity contribution in [2.45, 2.75) is 25.3 Å². The van der Waals surface area contributed by atoms with Crippen LogP contribution in [0, 0.1) is 0 Å². The lowest BCUT2D eigenvalue weighted by molar-refractivity contribution is 0.320. The van der Waals surface area contributed by atoms with Crippen molar-refractivity contribution in [3.63, 3.8) is 0 Å². The first-order chi connectivity index (χ1) is 3.93. The van der Waals surface area contributed by atoms with Gasteiger partial charge in [0.25, 0.3) is 0 Å². The number of rotatable bonds is 1. The number of piperidine rings is 1. The molecular weight excluding hydrogens is 105 g/mol. The molecule has 0 aromatic carbocycles. The number of hydrogen-bond acceptors (Lipinski definition) is 1. The number of halogens is 1. The minimum Gasteiger partial charge on any atom is -0.311 e. The lowest BCUT2D eigenvalue weighted by Gasteiger charge is -2.19. The van der Waals surface area contributed by atoms with E-state index in [1.165, 1.54) is 12.8 Å². The third-order valence-electron chi connectivity index (χ3n) is 1.60. The molecule has 1 N–H and O–H groups in total. The van der Waals surface area contributed by atoms with E-state index in [1.807, 2.05) is 0 Å². The Morgan fingerprint density at radius 2 is 2.38 bits per heavy atom. The van der Waals surface area contributed by atoms with E-state index in [9.17, 15) is 4.39 Å². The second kappa shape index (κ2) is 3.02. The maximum atomic E-state index is 11.8. The lowest BCUT2D eigenvalue weighted by atomic mass is 10.1. The molecule has 0 saturated carbocycles. The molecule has 0 aliphatic carbocycles.